The van der Waals surface area contributed by atoms with Crippen molar-refractivity contribution in [2.45, 2.75) is 20.0 Å². The van der Waals surface area contributed by atoms with Crippen molar-refractivity contribution in [1.29, 1.82) is 0 Å². The molecule has 1 aromatic carbocycles. The standard InChI is InChI=1S/C18H21ClF3NO5/c1-4-27-14-9-12(8-13(19)17(14)26-3)6-7-15(24)23(11-18(20,21)22)10-16(25)28-5-2/h6-9H,4-5,10-11H2,1-3H3/b7-6-. The maximum atomic E-state index is 12.7. The highest BCUT2D eigenvalue weighted by Gasteiger charge is 2.33. The van der Waals surface area contributed by atoms with Gasteiger partial charge in [-0.15, -0.1) is 0 Å². The van der Waals surface area contributed by atoms with E-state index in [1.54, 1.807) is 6.92 Å². The van der Waals surface area contributed by atoms with E-state index in [-0.39, 0.29) is 11.6 Å². The van der Waals surface area contributed by atoms with Gasteiger partial charge in [-0.25, -0.2) is 0 Å². The molecule has 0 N–H and O–H groups in total. The van der Waals surface area contributed by atoms with Crippen LogP contribution in [0, 0.1) is 0 Å². The summed E-state index contributed by atoms with van der Waals surface area (Å²) in [4.78, 5) is 24.0. The van der Waals surface area contributed by atoms with Crippen LogP contribution in [0.5, 0.6) is 11.5 Å². The predicted molar refractivity (Wildman–Crippen MR) is 97.5 cm³/mol. The minimum absolute atomic E-state index is 0.00667. The molecule has 0 saturated heterocycles. The summed E-state index contributed by atoms with van der Waals surface area (Å²) in [6.45, 7) is 1.19. The highest BCUT2D eigenvalue weighted by molar-refractivity contribution is 6.32. The molecule has 156 valence electrons. The molecule has 0 aromatic heterocycles. The van der Waals surface area contributed by atoms with E-state index < -0.39 is 31.1 Å². The lowest BCUT2D eigenvalue weighted by atomic mass is 10.1. The highest BCUT2D eigenvalue weighted by atomic mass is 35.5. The molecule has 0 saturated carbocycles. The van der Waals surface area contributed by atoms with Crippen LogP contribution >= 0.6 is 11.6 Å². The van der Waals surface area contributed by atoms with Gasteiger partial charge in [0.05, 0.1) is 25.3 Å². The van der Waals surface area contributed by atoms with Crippen molar-refractivity contribution < 1.29 is 37.0 Å². The topological polar surface area (TPSA) is 65.1 Å². The molecule has 0 aliphatic heterocycles. The third-order valence-electron chi connectivity index (χ3n) is 3.26. The first-order chi connectivity index (χ1) is 13.1. The van der Waals surface area contributed by atoms with E-state index >= 15 is 0 Å². The third kappa shape index (κ3) is 7.67. The number of hydrogen-bond acceptors (Lipinski definition) is 5. The lowest BCUT2D eigenvalue weighted by Crippen LogP contribution is -2.41. The van der Waals surface area contributed by atoms with E-state index in [1.807, 2.05) is 0 Å². The van der Waals surface area contributed by atoms with Crippen LogP contribution in [-0.4, -0.2) is 56.4 Å². The number of methoxy groups -OCH3 is 1. The number of benzene rings is 1. The molecule has 0 spiro atoms. The van der Waals surface area contributed by atoms with Crippen molar-refractivity contribution in [1.82, 2.24) is 4.90 Å². The number of carbonyl (C=O) groups excluding carboxylic acids is 2. The number of hydrogen-bond donors (Lipinski definition) is 0. The Morgan fingerprint density at radius 1 is 1.21 bits per heavy atom. The van der Waals surface area contributed by atoms with Crippen LogP contribution in [0.3, 0.4) is 0 Å². The number of rotatable bonds is 9. The van der Waals surface area contributed by atoms with Crippen LogP contribution in [0.4, 0.5) is 13.2 Å². The van der Waals surface area contributed by atoms with E-state index in [9.17, 15) is 22.8 Å². The molecule has 6 nitrogen and oxygen atoms in total. The van der Waals surface area contributed by atoms with Gasteiger partial charge in [0.2, 0.25) is 5.91 Å². The Bertz CT molecular complexity index is 722. The zero-order valence-corrected chi connectivity index (χ0v) is 16.4. The van der Waals surface area contributed by atoms with E-state index in [2.05, 4.69) is 4.74 Å². The maximum absolute atomic E-state index is 12.7. The molecule has 0 heterocycles. The number of carbonyl (C=O) groups is 2. The Balaban J connectivity index is 3.05. The van der Waals surface area contributed by atoms with Gasteiger partial charge >= 0.3 is 12.1 Å². The van der Waals surface area contributed by atoms with Crippen LogP contribution in [-0.2, 0) is 14.3 Å². The predicted octanol–water partition coefficient (Wildman–Crippen LogP) is 3.71. The summed E-state index contributed by atoms with van der Waals surface area (Å²) in [5.74, 6) is -1.31. The second-order valence-corrected chi connectivity index (χ2v) is 5.82. The van der Waals surface area contributed by atoms with E-state index in [1.165, 1.54) is 32.2 Å². The zero-order valence-electron chi connectivity index (χ0n) is 15.6. The third-order valence-corrected chi connectivity index (χ3v) is 3.54. The van der Waals surface area contributed by atoms with Gasteiger partial charge in [0, 0.05) is 6.08 Å². The smallest absolute Gasteiger partial charge is 0.406 e. The van der Waals surface area contributed by atoms with Crippen LogP contribution in [0.2, 0.25) is 5.02 Å². The second-order valence-electron chi connectivity index (χ2n) is 5.41. The number of alkyl halides is 3. The first-order valence-electron chi connectivity index (χ1n) is 8.30. The normalized spacial score (nSPS) is 11.4. The fourth-order valence-electron chi connectivity index (χ4n) is 2.21. The van der Waals surface area contributed by atoms with Crippen molar-refractivity contribution in [3.8, 4) is 11.5 Å². The Labute approximate surface area is 165 Å². The van der Waals surface area contributed by atoms with Crippen LogP contribution < -0.4 is 9.47 Å². The van der Waals surface area contributed by atoms with E-state index in [0.29, 0.717) is 28.6 Å². The monoisotopic (exact) mass is 423 g/mol. The summed E-state index contributed by atoms with van der Waals surface area (Å²) in [7, 11) is 1.41. The van der Waals surface area contributed by atoms with Gasteiger partial charge in [0.25, 0.3) is 0 Å². The minimum atomic E-state index is -4.67. The first-order valence-corrected chi connectivity index (χ1v) is 8.68. The van der Waals surface area contributed by atoms with Gasteiger partial charge in [0.15, 0.2) is 11.5 Å². The zero-order chi connectivity index (χ0) is 21.3. The number of esters is 1. The van der Waals surface area contributed by atoms with Crippen molar-refractivity contribution in [2.75, 3.05) is 33.4 Å². The van der Waals surface area contributed by atoms with Gasteiger partial charge in [-0.05, 0) is 37.6 Å². The Hall–Kier alpha value is -2.42. The van der Waals surface area contributed by atoms with Crippen molar-refractivity contribution >= 4 is 29.6 Å². The molecule has 1 aromatic rings. The molecule has 0 aliphatic carbocycles. The Kier molecular flexibility index (Phi) is 9.11. The van der Waals surface area contributed by atoms with E-state index in [4.69, 9.17) is 21.1 Å². The first kappa shape index (κ1) is 23.6. The van der Waals surface area contributed by atoms with Gasteiger partial charge in [-0.3, -0.25) is 9.59 Å². The number of ether oxygens (including phenoxy) is 3. The fourth-order valence-corrected chi connectivity index (χ4v) is 2.51. The van der Waals surface area contributed by atoms with Gasteiger partial charge < -0.3 is 19.1 Å². The highest BCUT2D eigenvalue weighted by Crippen LogP contribution is 2.36. The molecule has 0 fully saturated rings. The van der Waals surface area contributed by atoms with Crippen molar-refractivity contribution in [3.05, 3.63) is 28.8 Å². The number of nitrogens with zero attached hydrogens (tertiary/aromatic N) is 1. The van der Waals surface area contributed by atoms with E-state index in [0.717, 1.165) is 6.08 Å². The molecule has 28 heavy (non-hydrogen) atoms. The lowest BCUT2D eigenvalue weighted by molar-refractivity contribution is -0.164. The maximum Gasteiger partial charge on any atom is 0.406 e. The molecule has 1 rings (SSSR count). The summed E-state index contributed by atoms with van der Waals surface area (Å²) < 4.78 is 53.3. The Morgan fingerprint density at radius 2 is 1.89 bits per heavy atom. The average Bonchev–Trinajstić information content (AvgIpc) is 2.58. The van der Waals surface area contributed by atoms with Crippen molar-refractivity contribution in [2.24, 2.45) is 0 Å². The minimum Gasteiger partial charge on any atom is -0.491 e. The molecule has 10 heteroatoms. The van der Waals surface area contributed by atoms with Gasteiger partial charge in [-0.2, -0.15) is 13.2 Å². The molecular formula is C18H21ClF3NO5. The summed E-state index contributed by atoms with van der Waals surface area (Å²) in [6, 6.07) is 2.99. The Morgan fingerprint density at radius 3 is 2.43 bits per heavy atom. The number of amides is 1. The summed E-state index contributed by atoms with van der Waals surface area (Å²) in [5.41, 5.74) is 0.408. The van der Waals surface area contributed by atoms with Crippen molar-refractivity contribution in [3.63, 3.8) is 0 Å². The lowest BCUT2D eigenvalue weighted by Gasteiger charge is -2.21. The number of halogens is 4. The summed E-state index contributed by atoms with van der Waals surface area (Å²) >= 11 is 6.09. The molecule has 0 aliphatic rings. The largest absolute Gasteiger partial charge is 0.491 e. The SMILES string of the molecule is CCOC(=O)CN(CC(F)(F)F)C(=O)/C=C\c1cc(Cl)c(OC)c(OCC)c1. The molecular weight excluding hydrogens is 403 g/mol. The molecule has 0 atom stereocenters. The molecule has 0 radical (unpaired) electrons. The molecule has 1 amide bonds. The van der Waals surface area contributed by atoms with Crippen LogP contribution in [0.15, 0.2) is 18.2 Å². The van der Waals surface area contributed by atoms with Gasteiger partial charge in [0.1, 0.15) is 13.1 Å². The summed E-state index contributed by atoms with van der Waals surface area (Å²) in [5, 5.41) is 0.208. The summed E-state index contributed by atoms with van der Waals surface area (Å²) in [6.07, 6.45) is -2.48. The van der Waals surface area contributed by atoms with Gasteiger partial charge in [-0.1, -0.05) is 11.6 Å². The second kappa shape index (κ2) is 10.8. The molecule has 0 unspecified atom stereocenters. The van der Waals surface area contributed by atoms with Crippen LogP contribution in [0.25, 0.3) is 6.08 Å². The average molecular weight is 424 g/mol. The quantitative estimate of drug-likeness (QED) is 0.447. The molecule has 0 bridgehead atoms. The van der Waals surface area contributed by atoms with Crippen LogP contribution in [0.1, 0.15) is 19.4 Å². The fraction of sp³-hybridized carbons (Fsp3) is 0.444.